The third-order valence-electron chi connectivity index (χ3n) is 2.93. The minimum absolute atomic E-state index is 0.344. The molecule has 2 aromatic rings. The minimum Gasteiger partial charge on any atom is -0.488 e. The summed E-state index contributed by atoms with van der Waals surface area (Å²) in [5.74, 6) is 0.905. The normalized spacial score (nSPS) is 24.1. The molecule has 82 valence electrons. The van der Waals surface area contributed by atoms with Crippen LogP contribution in [0.15, 0.2) is 36.5 Å². The minimum atomic E-state index is 0.344. The predicted molar refractivity (Wildman–Crippen MR) is 68.1 cm³/mol. The summed E-state index contributed by atoms with van der Waals surface area (Å²) in [4.78, 5) is 5.00. The van der Waals surface area contributed by atoms with Gasteiger partial charge in [-0.2, -0.15) is 0 Å². The number of halogens is 1. The molecule has 1 fully saturated rings. The van der Waals surface area contributed by atoms with Crippen LogP contribution in [0, 0.1) is 0 Å². The van der Waals surface area contributed by atoms with Gasteiger partial charge in [-0.3, -0.25) is 4.98 Å². The molecule has 0 saturated heterocycles. The summed E-state index contributed by atoms with van der Waals surface area (Å²) in [5.41, 5.74) is 0.961. The zero-order chi connectivity index (χ0) is 11.0. The Bertz CT molecular complexity index is 503. The number of rotatable bonds is 2. The van der Waals surface area contributed by atoms with Crippen molar-refractivity contribution < 1.29 is 4.74 Å². The highest BCUT2D eigenvalue weighted by Crippen LogP contribution is 2.33. The molecule has 1 aliphatic rings. The smallest absolute Gasteiger partial charge is 0.145 e. The summed E-state index contributed by atoms with van der Waals surface area (Å²) in [6, 6.07) is 10.1. The molecule has 1 aromatic heterocycles. The lowest BCUT2D eigenvalue weighted by Crippen LogP contribution is -2.34. The summed E-state index contributed by atoms with van der Waals surface area (Å²) in [7, 11) is 0. The van der Waals surface area contributed by atoms with E-state index in [-0.39, 0.29) is 0 Å². The monoisotopic (exact) mass is 277 g/mol. The van der Waals surface area contributed by atoms with Crippen LogP contribution < -0.4 is 4.74 Å². The highest BCUT2D eigenvalue weighted by atomic mass is 79.9. The van der Waals surface area contributed by atoms with Crippen LogP contribution in [-0.2, 0) is 0 Å². The van der Waals surface area contributed by atoms with E-state index >= 15 is 0 Å². The standard InChI is InChI=1S/C13H12BrNO/c14-10-7-11(8-10)16-12-5-1-3-9-4-2-6-15-13(9)12/h1-6,10-11H,7-8H2. The van der Waals surface area contributed by atoms with Crippen molar-refractivity contribution in [1.82, 2.24) is 4.98 Å². The van der Waals surface area contributed by atoms with E-state index in [1.807, 2.05) is 24.4 Å². The van der Waals surface area contributed by atoms with Crippen LogP contribution in [0.25, 0.3) is 10.9 Å². The van der Waals surface area contributed by atoms with Crippen LogP contribution in [0.1, 0.15) is 12.8 Å². The third kappa shape index (κ3) is 1.80. The molecular formula is C13H12BrNO. The molecule has 0 bridgehead atoms. The Morgan fingerprint density at radius 2 is 2.00 bits per heavy atom. The molecule has 0 radical (unpaired) electrons. The summed E-state index contributed by atoms with van der Waals surface area (Å²) < 4.78 is 5.94. The molecule has 1 heterocycles. The first-order valence-electron chi connectivity index (χ1n) is 5.47. The fraction of sp³-hybridized carbons (Fsp3) is 0.308. The van der Waals surface area contributed by atoms with Gasteiger partial charge in [0.15, 0.2) is 0 Å². The first kappa shape index (κ1) is 10.1. The molecule has 16 heavy (non-hydrogen) atoms. The Morgan fingerprint density at radius 3 is 2.81 bits per heavy atom. The van der Waals surface area contributed by atoms with E-state index in [2.05, 4.69) is 33.0 Å². The van der Waals surface area contributed by atoms with E-state index in [0.29, 0.717) is 10.9 Å². The van der Waals surface area contributed by atoms with Crippen molar-refractivity contribution in [2.45, 2.75) is 23.8 Å². The van der Waals surface area contributed by atoms with Gasteiger partial charge in [0.1, 0.15) is 17.4 Å². The van der Waals surface area contributed by atoms with Gasteiger partial charge in [0.25, 0.3) is 0 Å². The molecule has 0 N–H and O–H groups in total. The van der Waals surface area contributed by atoms with E-state index < -0.39 is 0 Å². The van der Waals surface area contributed by atoms with Crippen LogP contribution in [0.2, 0.25) is 0 Å². The molecule has 0 atom stereocenters. The maximum absolute atomic E-state index is 5.94. The number of hydrogen-bond acceptors (Lipinski definition) is 2. The fourth-order valence-electron chi connectivity index (χ4n) is 1.95. The Morgan fingerprint density at radius 1 is 1.19 bits per heavy atom. The molecule has 1 saturated carbocycles. The summed E-state index contributed by atoms with van der Waals surface area (Å²) >= 11 is 3.57. The Labute approximate surface area is 103 Å². The molecule has 0 spiro atoms. The van der Waals surface area contributed by atoms with Crippen molar-refractivity contribution in [2.24, 2.45) is 0 Å². The van der Waals surface area contributed by atoms with Crippen LogP contribution in [0.3, 0.4) is 0 Å². The number of benzene rings is 1. The lowest BCUT2D eigenvalue weighted by atomic mass is 9.96. The van der Waals surface area contributed by atoms with Crippen LogP contribution in [0.5, 0.6) is 5.75 Å². The van der Waals surface area contributed by atoms with Gasteiger partial charge in [-0.25, -0.2) is 0 Å². The number of hydrogen-bond donors (Lipinski definition) is 0. The molecule has 3 heteroatoms. The lowest BCUT2D eigenvalue weighted by Gasteiger charge is -2.31. The Hall–Kier alpha value is -1.09. The van der Waals surface area contributed by atoms with E-state index in [0.717, 1.165) is 29.5 Å². The van der Waals surface area contributed by atoms with Crippen molar-refractivity contribution in [3.63, 3.8) is 0 Å². The molecule has 3 rings (SSSR count). The molecule has 1 aromatic carbocycles. The average molecular weight is 278 g/mol. The van der Waals surface area contributed by atoms with Gasteiger partial charge in [-0.05, 0) is 25.0 Å². The second-order valence-corrected chi connectivity index (χ2v) is 5.43. The van der Waals surface area contributed by atoms with Crippen LogP contribution in [-0.4, -0.2) is 15.9 Å². The van der Waals surface area contributed by atoms with Gasteiger partial charge in [-0.1, -0.05) is 34.1 Å². The zero-order valence-electron chi connectivity index (χ0n) is 8.77. The number of ether oxygens (including phenoxy) is 1. The molecular weight excluding hydrogens is 266 g/mol. The third-order valence-corrected chi connectivity index (χ3v) is 3.67. The number of fused-ring (bicyclic) bond motifs is 1. The highest BCUT2D eigenvalue weighted by molar-refractivity contribution is 9.09. The molecule has 0 amide bonds. The quantitative estimate of drug-likeness (QED) is 0.784. The van der Waals surface area contributed by atoms with Gasteiger partial charge < -0.3 is 4.74 Å². The first-order chi connectivity index (χ1) is 7.83. The van der Waals surface area contributed by atoms with E-state index in [4.69, 9.17) is 4.74 Å². The largest absolute Gasteiger partial charge is 0.488 e. The topological polar surface area (TPSA) is 22.1 Å². The predicted octanol–water partition coefficient (Wildman–Crippen LogP) is 3.54. The van der Waals surface area contributed by atoms with Crippen LogP contribution in [0.4, 0.5) is 0 Å². The average Bonchev–Trinajstić information content (AvgIpc) is 2.27. The van der Waals surface area contributed by atoms with Gasteiger partial charge >= 0.3 is 0 Å². The first-order valence-corrected chi connectivity index (χ1v) is 6.39. The number of nitrogens with zero attached hydrogens (tertiary/aromatic N) is 1. The maximum atomic E-state index is 5.94. The highest BCUT2D eigenvalue weighted by Gasteiger charge is 2.28. The fourth-order valence-corrected chi connectivity index (χ4v) is 2.78. The maximum Gasteiger partial charge on any atom is 0.145 e. The zero-order valence-corrected chi connectivity index (χ0v) is 10.4. The summed E-state index contributed by atoms with van der Waals surface area (Å²) in [6.07, 6.45) is 4.33. The Balaban J connectivity index is 1.91. The SMILES string of the molecule is BrC1CC(Oc2cccc3cccnc23)C1. The number of aromatic nitrogens is 1. The summed E-state index contributed by atoms with van der Waals surface area (Å²) in [5, 5.41) is 1.13. The van der Waals surface area contributed by atoms with Crippen molar-refractivity contribution in [2.75, 3.05) is 0 Å². The van der Waals surface area contributed by atoms with Crippen molar-refractivity contribution in [3.8, 4) is 5.75 Å². The van der Waals surface area contributed by atoms with Gasteiger partial charge in [0, 0.05) is 16.4 Å². The number of pyridine rings is 1. The molecule has 2 nitrogen and oxygen atoms in total. The van der Waals surface area contributed by atoms with Crippen molar-refractivity contribution >= 4 is 26.8 Å². The number of alkyl halides is 1. The van der Waals surface area contributed by atoms with Gasteiger partial charge in [0.2, 0.25) is 0 Å². The van der Waals surface area contributed by atoms with Crippen molar-refractivity contribution in [1.29, 1.82) is 0 Å². The Kier molecular flexibility index (Phi) is 2.56. The lowest BCUT2D eigenvalue weighted by molar-refractivity contribution is 0.130. The second kappa shape index (κ2) is 4.06. The second-order valence-electron chi connectivity index (χ2n) is 4.14. The number of para-hydroxylation sites is 1. The van der Waals surface area contributed by atoms with Gasteiger partial charge in [-0.15, -0.1) is 0 Å². The molecule has 0 unspecified atom stereocenters. The van der Waals surface area contributed by atoms with Crippen molar-refractivity contribution in [3.05, 3.63) is 36.5 Å². The van der Waals surface area contributed by atoms with E-state index in [9.17, 15) is 0 Å². The van der Waals surface area contributed by atoms with Gasteiger partial charge in [0.05, 0.1) is 0 Å². The molecule has 0 aliphatic heterocycles. The molecule has 1 aliphatic carbocycles. The van der Waals surface area contributed by atoms with E-state index in [1.165, 1.54) is 0 Å². The summed E-state index contributed by atoms with van der Waals surface area (Å²) in [6.45, 7) is 0. The van der Waals surface area contributed by atoms with E-state index in [1.54, 1.807) is 0 Å². The van der Waals surface area contributed by atoms with Crippen LogP contribution >= 0.6 is 15.9 Å².